The van der Waals surface area contributed by atoms with E-state index in [4.69, 9.17) is 0 Å². The van der Waals surface area contributed by atoms with Crippen molar-refractivity contribution in [3.63, 3.8) is 0 Å². The molecule has 116 valence electrons. The molecule has 0 atom stereocenters. The summed E-state index contributed by atoms with van der Waals surface area (Å²) in [6, 6.07) is 8.88. The first-order valence-electron chi connectivity index (χ1n) is 8.52. The fourth-order valence-corrected chi connectivity index (χ4v) is 5.08. The highest BCUT2D eigenvalue weighted by molar-refractivity contribution is 5.31. The normalized spacial score (nSPS) is 27.1. The first-order valence-corrected chi connectivity index (χ1v) is 8.52. The predicted octanol–water partition coefficient (Wildman–Crippen LogP) is 5.38. The molecular formula is C20H30O. The van der Waals surface area contributed by atoms with Gasteiger partial charge in [0, 0.05) is 0 Å². The molecule has 1 aromatic rings. The van der Waals surface area contributed by atoms with E-state index in [-0.39, 0.29) is 10.8 Å². The molecule has 0 saturated heterocycles. The lowest BCUT2D eigenvalue weighted by Gasteiger charge is -2.50. The Labute approximate surface area is 129 Å². The van der Waals surface area contributed by atoms with Crippen LogP contribution in [0.2, 0.25) is 0 Å². The van der Waals surface area contributed by atoms with E-state index in [9.17, 15) is 5.11 Å². The van der Waals surface area contributed by atoms with Crippen LogP contribution in [0.5, 0.6) is 0 Å². The van der Waals surface area contributed by atoms with Crippen molar-refractivity contribution in [3.05, 3.63) is 35.4 Å². The Morgan fingerprint density at radius 1 is 0.857 bits per heavy atom. The minimum atomic E-state index is -0.663. The monoisotopic (exact) mass is 286 g/mol. The zero-order chi connectivity index (χ0) is 15.3. The van der Waals surface area contributed by atoms with Gasteiger partial charge in [0.1, 0.15) is 0 Å². The zero-order valence-electron chi connectivity index (χ0n) is 14.1. The quantitative estimate of drug-likeness (QED) is 0.774. The fraction of sp³-hybridized carbons (Fsp3) is 0.700. The molecule has 1 nitrogen and oxygen atoms in total. The lowest BCUT2D eigenvalue weighted by atomic mass is 9.58. The van der Waals surface area contributed by atoms with Crippen molar-refractivity contribution in [2.24, 2.45) is 10.8 Å². The Hall–Kier alpha value is -0.820. The van der Waals surface area contributed by atoms with Crippen molar-refractivity contribution in [1.29, 1.82) is 0 Å². The summed E-state index contributed by atoms with van der Waals surface area (Å²) >= 11 is 0. The molecule has 2 fully saturated rings. The average molecular weight is 286 g/mol. The molecule has 0 aromatic heterocycles. The van der Waals surface area contributed by atoms with Crippen LogP contribution >= 0.6 is 0 Å². The lowest BCUT2D eigenvalue weighted by Crippen LogP contribution is -2.44. The molecule has 0 amide bonds. The largest absolute Gasteiger partial charge is 0.385 e. The van der Waals surface area contributed by atoms with Crippen molar-refractivity contribution in [2.45, 2.75) is 77.7 Å². The summed E-state index contributed by atoms with van der Waals surface area (Å²) in [6.45, 7) is 9.17. The highest BCUT2D eigenvalue weighted by Gasteiger charge is 2.47. The van der Waals surface area contributed by atoms with Gasteiger partial charge in [-0.3, -0.25) is 0 Å². The first kappa shape index (κ1) is 15.1. The van der Waals surface area contributed by atoms with Crippen LogP contribution in [0.15, 0.2) is 24.3 Å². The highest BCUT2D eigenvalue weighted by Crippen LogP contribution is 2.53. The molecule has 1 N–H and O–H groups in total. The second kappa shape index (κ2) is 4.84. The van der Waals surface area contributed by atoms with E-state index in [2.05, 4.69) is 52.0 Å². The van der Waals surface area contributed by atoms with Crippen LogP contribution in [-0.2, 0) is 5.60 Å². The number of hydrogen-bond acceptors (Lipinski definition) is 1. The van der Waals surface area contributed by atoms with Gasteiger partial charge in [0.05, 0.1) is 5.60 Å². The van der Waals surface area contributed by atoms with E-state index in [1.807, 2.05) is 0 Å². The maximum absolute atomic E-state index is 11.3. The van der Waals surface area contributed by atoms with E-state index in [0.29, 0.717) is 0 Å². The van der Waals surface area contributed by atoms with Gasteiger partial charge >= 0.3 is 0 Å². The van der Waals surface area contributed by atoms with E-state index in [1.165, 1.54) is 31.2 Å². The number of hydrogen-bond donors (Lipinski definition) is 1. The van der Waals surface area contributed by atoms with E-state index < -0.39 is 5.60 Å². The molecule has 2 aliphatic rings. The number of benzene rings is 1. The van der Waals surface area contributed by atoms with Gasteiger partial charge in [-0.1, -0.05) is 58.4 Å². The third-order valence-corrected chi connectivity index (χ3v) is 5.52. The van der Waals surface area contributed by atoms with Crippen LogP contribution in [0, 0.1) is 10.8 Å². The van der Waals surface area contributed by atoms with Crippen molar-refractivity contribution >= 4 is 0 Å². The summed E-state index contributed by atoms with van der Waals surface area (Å²) in [7, 11) is 0. The first-order chi connectivity index (χ1) is 9.69. The average Bonchev–Trinajstić information content (AvgIpc) is 2.22. The van der Waals surface area contributed by atoms with Crippen LogP contribution in [0.25, 0.3) is 0 Å². The molecule has 0 heterocycles. The van der Waals surface area contributed by atoms with Crippen LogP contribution in [0.4, 0.5) is 0 Å². The summed E-state index contributed by atoms with van der Waals surface area (Å²) in [5, 5.41) is 11.3. The van der Waals surface area contributed by atoms with Crippen LogP contribution in [-0.4, -0.2) is 5.11 Å². The van der Waals surface area contributed by atoms with Crippen LogP contribution in [0.1, 0.15) is 83.3 Å². The third-order valence-electron chi connectivity index (χ3n) is 5.52. The smallest absolute Gasteiger partial charge is 0.0906 e. The maximum Gasteiger partial charge on any atom is 0.0906 e. The fourth-order valence-electron chi connectivity index (χ4n) is 5.08. The van der Waals surface area contributed by atoms with Gasteiger partial charge in [-0.15, -0.1) is 0 Å². The highest BCUT2D eigenvalue weighted by atomic mass is 16.3. The molecule has 0 radical (unpaired) electrons. The van der Waals surface area contributed by atoms with E-state index in [0.717, 1.165) is 24.3 Å². The standard InChI is InChI=1S/C20H30O/c1-18(2)12-19(3,4)14-20(21,13-18)17-10-8-16(9-11-17)15-6-5-7-15/h8-11,15,21H,5-7,12-14H2,1-4H3. The minimum absolute atomic E-state index is 0.198. The molecule has 21 heavy (non-hydrogen) atoms. The Bertz CT molecular complexity index is 489. The Morgan fingerprint density at radius 2 is 1.38 bits per heavy atom. The molecule has 0 aliphatic heterocycles. The van der Waals surface area contributed by atoms with E-state index >= 15 is 0 Å². The Balaban J connectivity index is 1.86. The molecular weight excluding hydrogens is 256 g/mol. The third kappa shape index (κ3) is 3.04. The number of aliphatic hydroxyl groups is 1. The van der Waals surface area contributed by atoms with Crippen LogP contribution in [0.3, 0.4) is 0 Å². The van der Waals surface area contributed by atoms with Gasteiger partial charge in [0.15, 0.2) is 0 Å². The topological polar surface area (TPSA) is 20.2 Å². The minimum Gasteiger partial charge on any atom is -0.385 e. The summed E-state index contributed by atoms with van der Waals surface area (Å²) in [4.78, 5) is 0. The molecule has 1 heteroatoms. The predicted molar refractivity (Wildman–Crippen MR) is 88.3 cm³/mol. The zero-order valence-corrected chi connectivity index (χ0v) is 14.1. The SMILES string of the molecule is CC1(C)CC(C)(C)CC(O)(c2ccc(C3CCC3)cc2)C1. The van der Waals surface area contributed by atoms with Gasteiger partial charge < -0.3 is 5.11 Å². The Morgan fingerprint density at radius 3 is 1.81 bits per heavy atom. The van der Waals surface area contributed by atoms with E-state index in [1.54, 1.807) is 0 Å². The summed E-state index contributed by atoms with van der Waals surface area (Å²) < 4.78 is 0. The van der Waals surface area contributed by atoms with Crippen molar-refractivity contribution < 1.29 is 5.11 Å². The molecule has 2 aliphatic carbocycles. The molecule has 0 bridgehead atoms. The summed E-state index contributed by atoms with van der Waals surface area (Å²) in [6.07, 6.45) is 6.97. The Kier molecular flexibility index (Phi) is 3.48. The molecule has 0 unspecified atom stereocenters. The summed E-state index contributed by atoms with van der Waals surface area (Å²) in [5.74, 6) is 0.771. The van der Waals surface area contributed by atoms with Crippen molar-refractivity contribution in [2.75, 3.05) is 0 Å². The van der Waals surface area contributed by atoms with Gasteiger partial charge in [-0.25, -0.2) is 0 Å². The van der Waals surface area contributed by atoms with Gasteiger partial charge in [0.2, 0.25) is 0 Å². The molecule has 0 spiro atoms. The molecule has 2 saturated carbocycles. The molecule has 3 rings (SSSR count). The van der Waals surface area contributed by atoms with Crippen LogP contribution < -0.4 is 0 Å². The van der Waals surface area contributed by atoms with Crippen molar-refractivity contribution in [3.8, 4) is 0 Å². The maximum atomic E-state index is 11.3. The second-order valence-corrected chi connectivity index (χ2v) is 9.14. The van der Waals surface area contributed by atoms with Gasteiger partial charge in [-0.05, 0) is 60.0 Å². The number of rotatable bonds is 2. The van der Waals surface area contributed by atoms with Crippen molar-refractivity contribution in [1.82, 2.24) is 0 Å². The van der Waals surface area contributed by atoms with Gasteiger partial charge in [0.25, 0.3) is 0 Å². The summed E-state index contributed by atoms with van der Waals surface area (Å²) in [5.41, 5.74) is 2.31. The lowest BCUT2D eigenvalue weighted by molar-refractivity contribution is -0.0913. The van der Waals surface area contributed by atoms with Gasteiger partial charge in [-0.2, -0.15) is 0 Å². The second-order valence-electron chi connectivity index (χ2n) is 9.14. The molecule has 1 aromatic carbocycles.